The Labute approximate surface area is 183 Å². The molecule has 1 N–H and O–H groups in total. The van der Waals surface area contributed by atoms with Crippen LogP contribution in [0.3, 0.4) is 0 Å². The zero-order valence-electron chi connectivity index (χ0n) is 17.1. The molecule has 0 saturated heterocycles. The van der Waals surface area contributed by atoms with Gasteiger partial charge in [-0.2, -0.15) is 13.2 Å². The second kappa shape index (κ2) is 7.30. The van der Waals surface area contributed by atoms with Crippen molar-refractivity contribution >= 4 is 28.2 Å². The van der Waals surface area contributed by atoms with Gasteiger partial charge in [0.1, 0.15) is 11.3 Å². The van der Waals surface area contributed by atoms with E-state index in [1.807, 2.05) is 13.0 Å². The second-order valence-electron chi connectivity index (χ2n) is 8.60. The number of nitrogens with zero attached hydrogens (tertiary/aromatic N) is 1. The van der Waals surface area contributed by atoms with Crippen molar-refractivity contribution in [3.8, 4) is 11.1 Å². The predicted molar refractivity (Wildman–Crippen MR) is 117 cm³/mol. The van der Waals surface area contributed by atoms with E-state index in [0.717, 1.165) is 60.5 Å². The number of rotatable bonds is 2. The highest BCUT2D eigenvalue weighted by molar-refractivity contribution is 6.36. The summed E-state index contributed by atoms with van der Waals surface area (Å²) in [5.41, 5.74) is 2.82. The molecule has 2 aromatic carbocycles. The van der Waals surface area contributed by atoms with Crippen LogP contribution in [0.15, 0.2) is 41.6 Å². The van der Waals surface area contributed by atoms with Crippen LogP contribution in [0.4, 0.5) is 13.2 Å². The summed E-state index contributed by atoms with van der Waals surface area (Å²) in [4.78, 5) is 9.19. The molecule has 162 valence electrons. The minimum atomic E-state index is -4.45. The molecule has 5 rings (SSSR count). The van der Waals surface area contributed by atoms with Crippen molar-refractivity contribution in [1.82, 2.24) is 4.98 Å². The van der Waals surface area contributed by atoms with E-state index >= 15 is 0 Å². The zero-order valence-corrected chi connectivity index (χ0v) is 17.8. The molecule has 0 bridgehead atoms. The SMILES string of the molecule is Cc1c(-c2ccccc2C(F)(F)F)cc(Cl)c2[nH]c(C3=NOC4(CCCCC4)C3)cc12. The quantitative estimate of drug-likeness (QED) is 0.431. The van der Waals surface area contributed by atoms with Gasteiger partial charge in [0.05, 0.1) is 21.8 Å². The Morgan fingerprint density at radius 3 is 2.55 bits per heavy atom. The summed E-state index contributed by atoms with van der Waals surface area (Å²) in [7, 11) is 0. The van der Waals surface area contributed by atoms with Crippen molar-refractivity contribution in [2.24, 2.45) is 5.16 Å². The molecule has 1 fully saturated rings. The van der Waals surface area contributed by atoms with Gasteiger partial charge in [0.15, 0.2) is 0 Å². The summed E-state index contributed by atoms with van der Waals surface area (Å²) in [6.07, 6.45) is 1.80. The van der Waals surface area contributed by atoms with E-state index in [2.05, 4.69) is 10.1 Å². The number of benzene rings is 2. The monoisotopic (exact) mass is 446 g/mol. The van der Waals surface area contributed by atoms with Crippen LogP contribution in [0, 0.1) is 6.92 Å². The fourth-order valence-electron chi connectivity index (χ4n) is 4.92. The van der Waals surface area contributed by atoms with Crippen molar-refractivity contribution in [2.75, 3.05) is 0 Å². The van der Waals surface area contributed by atoms with E-state index in [0.29, 0.717) is 16.1 Å². The molecule has 7 heteroatoms. The maximum atomic E-state index is 13.6. The first-order valence-electron chi connectivity index (χ1n) is 10.5. The van der Waals surface area contributed by atoms with Gasteiger partial charge in [-0.25, -0.2) is 0 Å². The number of hydrogen-bond donors (Lipinski definition) is 1. The molecular weight excluding hydrogens is 425 g/mol. The van der Waals surface area contributed by atoms with E-state index < -0.39 is 11.7 Å². The van der Waals surface area contributed by atoms with Gasteiger partial charge in [-0.1, -0.05) is 41.4 Å². The molecule has 2 heterocycles. The van der Waals surface area contributed by atoms with Crippen LogP contribution in [0.25, 0.3) is 22.0 Å². The summed E-state index contributed by atoms with van der Waals surface area (Å²) >= 11 is 6.53. The number of hydrogen-bond acceptors (Lipinski definition) is 2. The molecule has 0 unspecified atom stereocenters. The summed E-state index contributed by atoms with van der Waals surface area (Å²) in [5, 5.41) is 5.53. The maximum absolute atomic E-state index is 13.6. The number of alkyl halides is 3. The van der Waals surface area contributed by atoms with Crippen molar-refractivity contribution < 1.29 is 18.0 Å². The molecule has 0 atom stereocenters. The van der Waals surface area contributed by atoms with Gasteiger partial charge in [0.25, 0.3) is 0 Å². The predicted octanol–water partition coefficient (Wildman–Crippen LogP) is 7.64. The Morgan fingerprint density at radius 1 is 1.06 bits per heavy atom. The molecule has 3 nitrogen and oxygen atoms in total. The van der Waals surface area contributed by atoms with E-state index in [1.54, 1.807) is 12.1 Å². The lowest BCUT2D eigenvalue weighted by atomic mass is 9.81. The first-order chi connectivity index (χ1) is 14.8. The zero-order chi connectivity index (χ0) is 21.8. The van der Waals surface area contributed by atoms with Gasteiger partial charge in [-0.05, 0) is 67.5 Å². The maximum Gasteiger partial charge on any atom is 0.417 e. The topological polar surface area (TPSA) is 37.4 Å². The lowest BCUT2D eigenvalue weighted by molar-refractivity contribution is -0.137. The molecule has 1 aliphatic carbocycles. The summed E-state index contributed by atoms with van der Waals surface area (Å²) in [5.74, 6) is 0. The molecule has 3 aromatic rings. The van der Waals surface area contributed by atoms with Gasteiger partial charge < -0.3 is 9.82 Å². The van der Waals surface area contributed by atoms with E-state index in [1.165, 1.54) is 18.6 Å². The van der Waals surface area contributed by atoms with E-state index in [4.69, 9.17) is 16.4 Å². The highest BCUT2D eigenvalue weighted by Gasteiger charge is 2.41. The first kappa shape index (κ1) is 20.4. The smallest absolute Gasteiger partial charge is 0.389 e. The Kier molecular flexibility index (Phi) is 4.81. The van der Waals surface area contributed by atoms with Crippen molar-refractivity contribution in [3.63, 3.8) is 0 Å². The van der Waals surface area contributed by atoms with Gasteiger partial charge >= 0.3 is 6.18 Å². The third-order valence-corrected chi connectivity index (χ3v) is 6.87. The largest absolute Gasteiger partial charge is 0.417 e. The number of fused-ring (bicyclic) bond motifs is 1. The van der Waals surface area contributed by atoms with Crippen molar-refractivity contribution in [3.05, 3.63) is 58.2 Å². The average Bonchev–Trinajstić information content (AvgIpc) is 3.36. The van der Waals surface area contributed by atoms with Crippen LogP contribution in [0.5, 0.6) is 0 Å². The van der Waals surface area contributed by atoms with Gasteiger partial charge in [-0.15, -0.1) is 0 Å². The number of nitrogens with one attached hydrogen (secondary N) is 1. The van der Waals surface area contributed by atoms with Crippen molar-refractivity contribution in [1.29, 1.82) is 0 Å². The lowest BCUT2D eigenvalue weighted by Gasteiger charge is -2.30. The third kappa shape index (κ3) is 3.51. The summed E-state index contributed by atoms with van der Waals surface area (Å²) in [6.45, 7) is 1.83. The van der Waals surface area contributed by atoms with Crippen LogP contribution in [0.1, 0.15) is 55.3 Å². The number of H-pyrrole nitrogens is 1. The van der Waals surface area contributed by atoms with Gasteiger partial charge in [0, 0.05) is 11.8 Å². The number of aryl methyl sites for hydroxylation is 1. The van der Waals surface area contributed by atoms with Crippen LogP contribution in [-0.2, 0) is 11.0 Å². The molecule has 31 heavy (non-hydrogen) atoms. The molecule has 2 aliphatic rings. The number of aromatic amines is 1. The van der Waals surface area contributed by atoms with E-state index in [-0.39, 0.29) is 11.2 Å². The van der Waals surface area contributed by atoms with Crippen LogP contribution in [-0.4, -0.2) is 16.3 Å². The number of oxime groups is 1. The molecule has 0 radical (unpaired) electrons. The fraction of sp³-hybridized carbons (Fsp3) is 0.375. The van der Waals surface area contributed by atoms with Gasteiger partial charge in [-0.3, -0.25) is 0 Å². The summed E-state index contributed by atoms with van der Waals surface area (Å²) < 4.78 is 40.8. The summed E-state index contributed by atoms with van der Waals surface area (Å²) in [6, 6.07) is 9.14. The Bertz CT molecular complexity index is 1190. The van der Waals surface area contributed by atoms with Crippen LogP contribution < -0.4 is 0 Å². The molecule has 1 spiro atoms. The molecular formula is C24H22ClF3N2O. The highest BCUT2D eigenvalue weighted by Crippen LogP contribution is 2.43. The van der Waals surface area contributed by atoms with Crippen LogP contribution in [0.2, 0.25) is 5.02 Å². The minimum Gasteiger partial charge on any atom is -0.389 e. The van der Waals surface area contributed by atoms with Crippen LogP contribution >= 0.6 is 11.6 Å². The highest BCUT2D eigenvalue weighted by atomic mass is 35.5. The first-order valence-corrected chi connectivity index (χ1v) is 10.9. The lowest BCUT2D eigenvalue weighted by Crippen LogP contribution is -2.31. The standard InChI is InChI=1S/C24H22ClF3N2O/c1-14-16(15-7-3-4-8-18(15)24(26,27)28)11-19(25)22-17(14)12-20(29-22)21-13-23(31-30-21)9-5-2-6-10-23/h3-4,7-8,11-12,29H,2,5-6,9-10,13H2,1H3. The molecule has 0 amide bonds. The van der Waals surface area contributed by atoms with Crippen molar-refractivity contribution in [2.45, 2.75) is 57.2 Å². The molecule has 1 saturated carbocycles. The van der Waals surface area contributed by atoms with Gasteiger partial charge in [0.2, 0.25) is 0 Å². The number of halogens is 4. The Hall–Kier alpha value is -2.47. The normalized spacial score (nSPS) is 18.4. The second-order valence-corrected chi connectivity index (χ2v) is 9.00. The molecule has 1 aromatic heterocycles. The number of aromatic nitrogens is 1. The third-order valence-electron chi connectivity index (χ3n) is 6.57. The Balaban J connectivity index is 1.58. The van der Waals surface area contributed by atoms with E-state index in [9.17, 15) is 13.2 Å². The Morgan fingerprint density at radius 2 is 1.81 bits per heavy atom. The molecule has 1 aliphatic heterocycles. The fourth-order valence-corrected chi connectivity index (χ4v) is 5.18. The minimum absolute atomic E-state index is 0.127. The average molecular weight is 447 g/mol.